The van der Waals surface area contributed by atoms with E-state index in [4.69, 9.17) is 4.74 Å². The Labute approximate surface area is 116 Å². The van der Waals surface area contributed by atoms with E-state index < -0.39 is 0 Å². The van der Waals surface area contributed by atoms with Gasteiger partial charge >= 0.3 is 5.97 Å². The van der Waals surface area contributed by atoms with Crippen LogP contribution in [-0.2, 0) is 4.74 Å². The first-order valence-corrected chi connectivity index (χ1v) is 6.95. The third-order valence-corrected chi connectivity index (χ3v) is 3.03. The maximum Gasteiger partial charge on any atom is 0.338 e. The normalized spacial score (nSPS) is 10.6. The van der Waals surface area contributed by atoms with Gasteiger partial charge in [0, 0.05) is 19.8 Å². The highest BCUT2D eigenvalue weighted by Gasteiger charge is 2.07. The van der Waals surface area contributed by atoms with Crippen molar-refractivity contribution < 1.29 is 9.53 Å². The molecule has 3 heteroatoms. The lowest BCUT2D eigenvalue weighted by molar-refractivity contribution is 0.0497. The smallest absolute Gasteiger partial charge is 0.338 e. The minimum atomic E-state index is -0.227. The topological polar surface area (TPSA) is 29.5 Å². The van der Waals surface area contributed by atoms with Crippen LogP contribution in [0.3, 0.4) is 0 Å². The zero-order valence-corrected chi connectivity index (χ0v) is 12.5. The molecule has 1 aromatic carbocycles. The number of anilines is 1. The van der Waals surface area contributed by atoms with Gasteiger partial charge in [0.1, 0.15) is 0 Å². The summed E-state index contributed by atoms with van der Waals surface area (Å²) in [5, 5.41) is 0. The predicted octanol–water partition coefficient (Wildman–Crippen LogP) is 3.74. The zero-order valence-electron chi connectivity index (χ0n) is 12.5. The number of hydrogen-bond acceptors (Lipinski definition) is 3. The van der Waals surface area contributed by atoms with Gasteiger partial charge in [-0.05, 0) is 43.0 Å². The molecular formula is C16H25NO2. The molecule has 0 amide bonds. The van der Waals surface area contributed by atoms with Crippen LogP contribution in [0, 0.1) is 5.92 Å². The van der Waals surface area contributed by atoms with E-state index in [1.165, 1.54) is 6.42 Å². The number of unbranched alkanes of at least 4 members (excludes halogenated alkanes) is 1. The van der Waals surface area contributed by atoms with Crippen LogP contribution in [-0.4, -0.2) is 26.7 Å². The monoisotopic (exact) mass is 263 g/mol. The van der Waals surface area contributed by atoms with Gasteiger partial charge in [-0.25, -0.2) is 4.79 Å². The van der Waals surface area contributed by atoms with Gasteiger partial charge in [-0.2, -0.15) is 0 Å². The molecule has 1 rings (SSSR count). The number of benzene rings is 1. The fourth-order valence-corrected chi connectivity index (χ4v) is 1.80. The fraction of sp³-hybridized carbons (Fsp3) is 0.562. The molecule has 0 saturated heterocycles. The number of carbonyl (C=O) groups is 1. The number of ether oxygens (including phenoxy) is 1. The lowest BCUT2D eigenvalue weighted by Gasteiger charge is -2.12. The second-order valence-electron chi connectivity index (χ2n) is 5.47. The highest BCUT2D eigenvalue weighted by Crippen LogP contribution is 2.13. The Hall–Kier alpha value is -1.51. The largest absolute Gasteiger partial charge is 0.462 e. The highest BCUT2D eigenvalue weighted by molar-refractivity contribution is 5.89. The molecule has 0 radical (unpaired) electrons. The summed E-state index contributed by atoms with van der Waals surface area (Å²) in [5.74, 6) is 0.490. The summed E-state index contributed by atoms with van der Waals surface area (Å²) in [6.45, 7) is 4.93. The van der Waals surface area contributed by atoms with Crippen LogP contribution in [0.1, 0.15) is 43.5 Å². The quantitative estimate of drug-likeness (QED) is 0.554. The first-order valence-electron chi connectivity index (χ1n) is 6.95. The van der Waals surface area contributed by atoms with Crippen molar-refractivity contribution in [3.8, 4) is 0 Å². The summed E-state index contributed by atoms with van der Waals surface area (Å²) in [5.41, 5.74) is 1.70. The Bertz CT molecular complexity index is 382. The maximum atomic E-state index is 11.8. The Kier molecular flexibility index (Phi) is 6.40. The second-order valence-corrected chi connectivity index (χ2v) is 5.47. The average molecular weight is 263 g/mol. The van der Waals surface area contributed by atoms with Gasteiger partial charge in [0.2, 0.25) is 0 Å². The Morgan fingerprint density at radius 2 is 1.79 bits per heavy atom. The fourth-order valence-electron chi connectivity index (χ4n) is 1.80. The highest BCUT2D eigenvalue weighted by atomic mass is 16.5. The average Bonchev–Trinajstić information content (AvgIpc) is 2.37. The molecule has 106 valence electrons. The lowest BCUT2D eigenvalue weighted by Crippen LogP contribution is -2.10. The van der Waals surface area contributed by atoms with Crippen LogP contribution in [0.5, 0.6) is 0 Å². The van der Waals surface area contributed by atoms with Crippen molar-refractivity contribution in [2.75, 3.05) is 25.6 Å². The van der Waals surface area contributed by atoms with E-state index in [1.54, 1.807) is 0 Å². The molecule has 0 bridgehead atoms. The van der Waals surface area contributed by atoms with Gasteiger partial charge in [-0.15, -0.1) is 0 Å². The molecule has 0 atom stereocenters. The lowest BCUT2D eigenvalue weighted by atomic mass is 10.1. The van der Waals surface area contributed by atoms with Crippen molar-refractivity contribution in [1.82, 2.24) is 0 Å². The number of carbonyl (C=O) groups excluding carboxylic acids is 1. The number of rotatable bonds is 7. The molecule has 0 aliphatic carbocycles. The first kappa shape index (κ1) is 15.5. The third-order valence-electron chi connectivity index (χ3n) is 3.03. The van der Waals surface area contributed by atoms with Crippen molar-refractivity contribution in [3.05, 3.63) is 29.8 Å². The summed E-state index contributed by atoms with van der Waals surface area (Å²) < 4.78 is 5.26. The number of nitrogens with zero attached hydrogens (tertiary/aromatic N) is 1. The summed E-state index contributed by atoms with van der Waals surface area (Å²) in [7, 11) is 3.95. The molecule has 0 spiro atoms. The Morgan fingerprint density at radius 1 is 1.16 bits per heavy atom. The van der Waals surface area contributed by atoms with Gasteiger partial charge < -0.3 is 9.64 Å². The van der Waals surface area contributed by atoms with E-state index in [-0.39, 0.29) is 5.97 Å². The van der Waals surface area contributed by atoms with Crippen molar-refractivity contribution in [2.45, 2.75) is 33.1 Å². The molecule has 0 aliphatic rings. The van der Waals surface area contributed by atoms with Crippen LogP contribution in [0.4, 0.5) is 5.69 Å². The van der Waals surface area contributed by atoms with Crippen molar-refractivity contribution in [1.29, 1.82) is 0 Å². The molecule has 0 aromatic heterocycles. The number of hydrogen-bond donors (Lipinski definition) is 0. The van der Waals surface area contributed by atoms with Gasteiger partial charge in [0.05, 0.1) is 12.2 Å². The van der Waals surface area contributed by atoms with Gasteiger partial charge in [-0.1, -0.05) is 20.3 Å². The van der Waals surface area contributed by atoms with Gasteiger partial charge in [-0.3, -0.25) is 0 Å². The molecule has 19 heavy (non-hydrogen) atoms. The Morgan fingerprint density at radius 3 is 2.32 bits per heavy atom. The minimum absolute atomic E-state index is 0.227. The summed E-state index contributed by atoms with van der Waals surface area (Å²) in [6.07, 6.45) is 3.25. The van der Waals surface area contributed by atoms with Crippen molar-refractivity contribution in [3.63, 3.8) is 0 Å². The molecule has 0 fully saturated rings. The van der Waals surface area contributed by atoms with Crippen LogP contribution in [0.2, 0.25) is 0 Å². The summed E-state index contributed by atoms with van der Waals surface area (Å²) in [6, 6.07) is 7.47. The molecule has 0 unspecified atom stereocenters. The van der Waals surface area contributed by atoms with E-state index in [0.29, 0.717) is 18.1 Å². The van der Waals surface area contributed by atoms with E-state index in [9.17, 15) is 4.79 Å². The minimum Gasteiger partial charge on any atom is -0.462 e. The molecule has 1 aromatic rings. The molecule has 0 aliphatic heterocycles. The van der Waals surface area contributed by atoms with Gasteiger partial charge in [0.15, 0.2) is 0 Å². The summed E-state index contributed by atoms with van der Waals surface area (Å²) in [4.78, 5) is 13.8. The number of esters is 1. The molecule has 0 heterocycles. The molecule has 0 saturated carbocycles. The molecule has 0 N–H and O–H groups in total. The third kappa shape index (κ3) is 5.77. The SMILES string of the molecule is CC(C)CCCCOC(=O)c1ccc(N(C)C)cc1. The van der Waals surface area contributed by atoms with E-state index in [2.05, 4.69) is 13.8 Å². The van der Waals surface area contributed by atoms with Crippen molar-refractivity contribution >= 4 is 11.7 Å². The predicted molar refractivity (Wildman–Crippen MR) is 79.7 cm³/mol. The second kappa shape index (κ2) is 7.82. The van der Waals surface area contributed by atoms with Crippen LogP contribution < -0.4 is 4.90 Å². The van der Waals surface area contributed by atoms with Crippen LogP contribution in [0.25, 0.3) is 0 Å². The Balaban J connectivity index is 2.33. The van der Waals surface area contributed by atoms with E-state index >= 15 is 0 Å². The molecular weight excluding hydrogens is 238 g/mol. The standard InChI is InChI=1S/C16H25NO2/c1-13(2)7-5-6-12-19-16(18)14-8-10-15(11-9-14)17(3)4/h8-11,13H,5-7,12H2,1-4H3. The van der Waals surface area contributed by atoms with Crippen molar-refractivity contribution in [2.24, 2.45) is 5.92 Å². The van der Waals surface area contributed by atoms with Gasteiger partial charge in [0.25, 0.3) is 0 Å². The first-order chi connectivity index (χ1) is 9.00. The van der Waals surface area contributed by atoms with Crippen LogP contribution >= 0.6 is 0 Å². The summed E-state index contributed by atoms with van der Waals surface area (Å²) >= 11 is 0. The zero-order chi connectivity index (χ0) is 14.3. The molecule has 3 nitrogen and oxygen atoms in total. The van der Waals surface area contributed by atoms with E-state index in [1.807, 2.05) is 43.3 Å². The van der Waals surface area contributed by atoms with E-state index in [0.717, 1.165) is 18.5 Å². The maximum absolute atomic E-state index is 11.8. The van der Waals surface area contributed by atoms with Crippen LogP contribution in [0.15, 0.2) is 24.3 Å².